The third kappa shape index (κ3) is 1.55. The lowest BCUT2D eigenvalue weighted by Gasteiger charge is -2.02. The van der Waals surface area contributed by atoms with Gasteiger partial charge < -0.3 is 13.9 Å². The second-order valence-corrected chi connectivity index (χ2v) is 5.47. The van der Waals surface area contributed by atoms with Gasteiger partial charge in [0.05, 0.1) is 21.7 Å². The predicted molar refractivity (Wildman–Crippen MR) is 74.5 cm³/mol. The molecule has 1 aliphatic rings. The van der Waals surface area contributed by atoms with Crippen LogP contribution in [0.2, 0.25) is 0 Å². The molecule has 1 aromatic carbocycles. The number of nitrogens with zero attached hydrogens (tertiary/aromatic N) is 1. The Bertz CT molecular complexity index is 881. The zero-order valence-corrected chi connectivity index (χ0v) is 11.3. The summed E-state index contributed by atoms with van der Waals surface area (Å²) < 4.78 is 16.2. The maximum atomic E-state index is 12.5. The molecule has 0 unspecified atom stereocenters. The molecule has 0 fully saturated rings. The molecule has 0 saturated carbocycles. The van der Waals surface area contributed by atoms with Crippen molar-refractivity contribution < 1.29 is 13.9 Å². The van der Waals surface area contributed by atoms with Crippen molar-refractivity contribution in [3.05, 3.63) is 39.0 Å². The molecule has 0 N–H and O–H groups in total. The Balaban J connectivity index is 2.01. The highest BCUT2D eigenvalue weighted by Gasteiger charge is 2.21. The van der Waals surface area contributed by atoms with E-state index in [1.165, 1.54) is 17.6 Å². The van der Waals surface area contributed by atoms with E-state index >= 15 is 0 Å². The number of hydrogen-bond acceptors (Lipinski definition) is 6. The molecule has 0 saturated heterocycles. The van der Waals surface area contributed by atoms with E-state index in [1.54, 1.807) is 12.1 Å². The molecule has 2 aromatic heterocycles. The van der Waals surface area contributed by atoms with Crippen molar-refractivity contribution in [3.63, 3.8) is 0 Å². The molecule has 6 heteroatoms. The highest BCUT2D eigenvalue weighted by molar-refractivity contribution is 7.09. The minimum atomic E-state index is -0.116. The van der Waals surface area contributed by atoms with Gasteiger partial charge in [0.25, 0.3) is 0 Å². The first kappa shape index (κ1) is 11.5. The Kier molecular flexibility index (Phi) is 2.34. The fourth-order valence-electron chi connectivity index (χ4n) is 2.22. The predicted octanol–water partition coefficient (Wildman–Crippen LogP) is 2.95. The first-order valence-electron chi connectivity index (χ1n) is 6.00. The molecule has 20 heavy (non-hydrogen) atoms. The van der Waals surface area contributed by atoms with Crippen LogP contribution in [-0.4, -0.2) is 11.8 Å². The van der Waals surface area contributed by atoms with Crippen LogP contribution in [0.25, 0.3) is 22.2 Å². The van der Waals surface area contributed by atoms with E-state index in [4.69, 9.17) is 13.9 Å². The first-order valence-corrected chi connectivity index (χ1v) is 6.88. The van der Waals surface area contributed by atoms with Crippen molar-refractivity contribution in [3.8, 4) is 22.8 Å². The number of aromatic nitrogens is 1. The molecule has 0 bridgehead atoms. The third-order valence-corrected chi connectivity index (χ3v) is 3.95. The molecule has 0 aliphatic carbocycles. The number of fused-ring (bicyclic) bond motifs is 3. The summed E-state index contributed by atoms with van der Waals surface area (Å²) >= 11 is 1.50. The second-order valence-electron chi connectivity index (χ2n) is 4.41. The van der Waals surface area contributed by atoms with Gasteiger partial charge in [0.2, 0.25) is 18.0 Å². The number of benzene rings is 1. The lowest BCUT2D eigenvalue weighted by Crippen LogP contribution is -2.05. The SMILES string of the molecule is Cc1nc(-c2coc3c4c(ccc3c2=O)OCO4)cs1. The number of aryl methyl sites for hydroxylation is 1. The molecule has 0 spiro atoms. The Morgan fingerprint density at radius 1 is 1.30 bits per heavy atom. The van der Waals surface area contributed by atoms with E-state index in [0.29, 0.717) is 33.7 Å². The number of ether oxygens (including phenoxy) is 2. The molecule has 3 heterocycles. The second kappa shape index (κ2) is 4.08. The fourth-order valence-corrected chi connectivity index (χ4v) is 2.84. The van der Waals surface area contributed by atoms with Crippen LogP contribution >= 0.6 is 11.3 Å². The van der Waals surface area contributed by atoms with Crippen molar-refractivity contribution in [2.75, 3.05) is 6.79 Å². The highest BCUT2D eigenvalue weighted by Crippen LogP contribution is 2.38. The number of thiazole rings is 1. The highest BCUT2D eigenvalue weighted by atomic mass is 32.1. The van der Waals surface area contributed by atoms with Crippen LogP contribution in [0.3, 0.4) is 0 Å². The average Bonchev–Trinajstić information content (AvgIpc) is 3.07. The van der Waals surface area contributed by atoms with Crippen LogP contribution in [0, 0.1) is 6.92 Å². The third-order valence-electron chi connectivity index (χ3n) is 3.17. The summed E-state index contributed by atoms with van der Waals surface area (Å²) in [4.78, 5) is 16.9. The van der Waals surface area contributed by atoms with E-state index in [-0.39, 0.29) is 12.2 Å². The van der Waals surface area contributed by atoms with Gasteiger partial charge in [-0.05, 0) is 19.1 Å². The summed E-state index contributed by atoms with van der Waals surface area (Å²) in [6.07, 6.45) is 1.43. The summed E-state index contributed by atoms with van der Waals surface area (Å²) in [5, 5.41) is 3.23. The van der Waals surface area contributed by atoms with Crippen molar-refractivity contribution in [2.24, 2.45) is 0 Å². The summed E-state index contributed by atoms with van der Waals surface area (Å²) in [5.74, 6) is 1.08. The molecule has 0 amide bonds. The van der Waals surface area contributed by atoms with Crippen molar-refractivity contribution >= 4 is 22.3 Å². The van der Waals surface area contributed by atoms with Gasteiger partial charge in [0, 0.05) is 5.38 Å². The maximum absolute atomic E-state index is 12.5. The van der Waals surface area contributed by atoms with Crippen LogP contribution in [0.1, 0.15) is 5.01 Å². The Morgan fingerprint density at radius 3 is 3.00 bits per heavy atom. The standard InChI is InChI=1S/C14H9NO4S/c1-7-15-10(5-20-7)9-4-17-13-8(12(9)16)2-3-11-14(13)19-6-18-11/h2-5H,6H2,1H3. The molecule has 1 aliphatic heterocycles. The van der Waals surface area contributed by atoms with E-state index in [2.05, 4.69) is 4.98 Å². The maximum Gasteiger partial charge on any atom is 0.231 e. The van der Waals surface area contributed by atoms with E-state index < -0.39 is 0 Å². The minimum Gasteiger partial charge on any atom is -0.459 e. The van der Waals surface area contributed by atoms with E-state index in [0.717, 1.165) is 5.01 Å². The molecule has 5 nitrogen and oxygen atoms in total. The Morgan fingerprint density at radius 2 is 2.20 bits per heavy atom. The van der Waals surface area contributed by atoms with E-state index in [9.17, 15) is 4.79 Å². The molecular weight excluding hydrogens is 278 g/mol. The summed E-state index contributed by atoms with van der Waals surface area (Å²) in [6.45, 7) is 2.04. The van der Waals surface area contributed by atoms with Gasteiger partial charge in [0.15, 0.2) is 11.3 Å². The van der Waals surface area contributed by atoms with Gasteiger partial charge in [-0.25, -0.2) is 4.98 Å². The van der Waals surface area contributed by atoms with Crippen LogP contribution in [0.5, 0.6) is 11.5 Å². The molecule has 4 rings (SSSR count). The van der Waals surface area contributed by atoms with Crippen molar-refractivity contribution in [2.45, 2.75) is 6.92 Å². The van der Waals surface area contributed by atoms with Crippen molar-refractivity contribution in [1.29, 1.82) is 0 Å². The minimum absolute atomic E-state index is 0.116. The largest absolute Gasteiger partial charge is 0.459 e. The lowest BCUT2D eigenvalue weighted by molar-refractivity contribution is 0.174. The zero-order chi connectivity index (χ0) is 13.7. The lowest BCUT2D eigenvalue weighted by atomic mass is 10.1. The van der Waals surface area contributed by atoms with Gasteiger partial charge in [-0.2, -0.15) is 0 Å². The van der Waals surface area contributed by atoms with Gasteiger partial charge in [-0.15, -0.1) is 11.3 Å². The van der Waals surface area contributed by atoms with Crippen molar-refractivity contribution in [1.82, 2.24) is 4.98 Å². The fraction of sp³-hybridized carbons (Fsp3) is 0.143. The molecular formula is C14H9NO4S. The number of hydrogen-bond donors (Lipinski definition) is 0. The zero-order valence-electron chi connectivity index (χ0n) is 10.5. The Labute approximate surface area is 117 Å². The van der Waals surface area contributed by atoms with Gasteiger partial charge in [0.1, 0.15) is 6.26 Å². The summed E-state index contributed by atoms with van der Waals surface area (Å²) in [6, 6.07) is 3.41. The quantitative estimate of drug-likeness (QED) is 0.688. The van der Waals surface area contributed by atoms with Crippen LogP contribution in [0.15, 0.2) is 33.0 Å². The first-order chi connectivity index (χ1) is 9.74. The molecule has 0 atom stereocenters. The van der Waals surface area contributed by atoms with Gasteiger partial charge >= 0.3 is 0 Å². The number of rotatable bonds is 1. The summed E-state index contributed by atoms with van der Waals surface area (Å²) in [5.41, 5.74) is 1.40. The topological polar surface area (TPSA) is 61.6 Å². The average molecular weight is 287 g/mol. The monoisotopic (exact) mass is 287 g/mol. The molecule has 100 valence electrons. The van der Waals surface area contributed by atoms with Crippen LogP contribution < -0.4 is 14.9 Å². The normalized spacial score (nSPS) is 13.1. The summed E-state index contributed by atoms with van der Waals surface area (Å²) in [7, 11) is 0. The molecule has 0 radical (unpaired) electrons. The molecule has 3 aromatic rings. The van der Waals surface area contributed by atoms with Crippen LogP contribution in [-0.2, 0) is 0 Å². The van der Waals surface area contributed by atoms with Gasteiger partial charge in [-0.3, -0.25) is 4.79 Å². The van der Waals surface area contributed by atoms with Crippen LogP contribution in [0.4, 0.5) is 0 Å². The van der Waals surface area contributed by atoms with E-state index in [1.807, 2.05) is 12.3 Å². The Hall–Kier alpha value is -2.34. The smallest absolute Gasteiger partial charge is 0.231 e. The van der Waals surface area contributed by atoms with Gasteiger partial charge in [-0.1, -0.05) is 0 Å².